The summed E-state index contributed by atoms with van der Waals surface area (Å²) in [6.07, 6.45) is 2.97. The van der Waals surface area contributed by atoms with Crippen LogP contribution in [0.4, 0.5) is 5.82 Å². The minimum Gasteiger partial charge on any atom is -0.325 e. The quantitative estimate of drug-likeness (QED) is 0.660. The van der Waals surface area contributed by atoms with E-state index in [-0.39, 0.29) is 5.28 Å². The maximum atomic E-state index is 5.81. The van der Waals surface area contributed by atoms with Gasteiger partial charge in [0.15, 0.2) is 0 Å². The fourth-order valence-corrected chi connectivity index (χ4v) is 2.07. The summed E-state index contributed by atoms with van der Waals surface area (Å²) in [5.41, 5.74) is 1.29. The van der Waals surface area contributed by atoms with E-state index in [2.05, 4.69) is 25.6 Å². The molecule has 0 atom stereocenters. The Labute approximate surface area is 115 Å². The molecule has 2 rings (SSSR count). The number of likely N-dealkylation sites (N-methyl/N-ethyl adjacent to an activating group) is 1. The van der Waals surface area contributed by atoms with E-state index in [0.29, 0.717) is 11.0 Å². The SMILES string of the molecule is CNCC1=CC(Nc2cc(Cl)nc(Cl)n2)=NCC1. The van der Waals surface area contributed by atoms with E-state index in [1.54, 1.807) is 6.07 Å². The summed E-state index contributed by atoms with van der Waals surface area (Å²) in [6, 6.07) is 1.61. The molecule has 0 saturated heterocycles. The van der Waals surface area contributed by atoms with E-state index in [0.717, 1.165) is 25.3 Å². The third-order valence-electron chi connectivity index (χ3n) is 2.38. The number of nitrogens with zero attached hydrogens (tertiary/aromatic N) is 3. The van der Waals surface area contributed by atoms with E-state index in [1.807, 2.05) is 13.1 Å². The number of hydrogen-bond donors (Lipinski definition) is 2. The average molecular weight is 286 g/mol. The molecule has 0 spiro atoms. The van der Waals surface area contributed by atoms with Gasteiger partial charge in [-0.3, -0.25) is 4.99 Å². The van der Waals surface area contributed by atoms with Crippen LogP contribution in [0, 0.1) is 0 Å². The maximum absolute atomic E-state index is 5.81. The van der Waals surface area contributed by atoms with Crippen molar-refractivity contribution in [3.05, 3.63) is 28.2 Å². The van der Waals surface area contributed by atoms with Crippen LogP contribution in [0.15, 0.2) is 22.7 Å². The van der Waals surface area contributed by atoms with Gasteiger partial charge in [0, 0.05) is 19.2 Å². The molecule has 18 heavy (non-hydrogen) atoms. The van der Waals surface area contributed by atoms with Crippen molar-refractivity contribution in [3.8, 4) is 0 Å². The minimum atomic E-state index is 0.112. The maximum Gasteiger partial charge on any atom is 0.225 e. The highest BCUT2D eigenvalue weighted by molar-refractivity contribution is 6.32. The zero-order chi connectivity index (χ0) is 13.0. The topological polar surface area (TPSA) is 62.2 Å². The molecule has 0 radical (unpaired) electrons. The van der Waals surface area contributed by atoms with E-state index >= 15 is 0 Å². The van der Waals surface area contributed by atoms with E-state index in [4.69, 9.17) is 23.2 Å². The van der Waals surface area contributed by atoms with Crippen molar-refractivity contribution in [3.63, 3.8) is 0 Å². The second-order valence-corrected chi connectivity index (χ2v) is 4.55. The van der Waals surface area contributed by atoms with Crippen molar-refractivity contribution < 1.29 is 0 Å². The number of hydrogen-bond acceptors (Lipinski definition) is 5. The number of dihydropyridines is 1. The Morgan fingerprint density at radius 2 is 2.17 bits per heavy atom. The molecule has 0 bridgehead atoms. The second kappa shape index (κ2) is 6.13. The van der Waals surface area contributed by atoms with Crippen LogP contribution in [-0.4, -0.2) is 35.9 Å². The Hall–Kier alpha value is -1.17. The standard InChI is InChI=1S/C11H13Cl2N5/c1-14-6-7-2-3-15-9(4-7)17-10-5-8(12)16-11(13)18-10/h4-5,14H,2-3,6H2,1H3,(H,15,16,17,18). The van der Waals surface area contributed by atoms with Crippen LogP contribution >= 0.6 is 23.2 Å². The molecule has 0 aliphatic carbocycles. The Balaban J connectivity index is 2.11. The lowest BCUT2D eigenvalue weighted by atomic mass is 10.1. The molecule has 0 amide bonds. The lowest BCUT2D eigenvalue weighted by molar-refractivity contribution is 0.811. The van der Waals surface area contributed by atoms with Gasteiger partial charge in [0.1, 0.15) is 16.8 Å². The molecule has 1 aromatic heterocycles. The van der Waals surface area contributed by atoms with Crippen LogP contribution in [0.3, 0.4) is 0 Å². The van der Waals surface area contributed by atoms with Crippen LogP contribution < -0.4 is 10.6 Å². The third-order valence-corrected chi connectivity index (χ3v) is 2.75. The van der Waals surface area contributed by atoms with E-state index in [1.165, 1.54) is 5.57 Å². The smallest absolute Gasteiger partial charge is 0.225 e. The molecule has 96 valence electrons. The van der Waals surface area contributed by atoms with Crippen LogP contribution in [0.5, 0.6) is 0 Å². The van der Waals surface area contributed by atoms with Gasteiger partial charge in [-0.1, -0.05) is 17.2 Å². The molecular formula is C11H13Cl2N5. The van der Waals surface area contributed by atoms with Crippen molar-refractivity contribution in [2.75, 3.05) is 25.5 Å². The van der Waals surface area contributed by atoms with Crippen molar-refractivity contribution in [2.45, 2.75) is 6.42 Å². The molecule has 1 aliphatic heterocycles. The van der Waals surface area contributed by atoms with Crippen molar-refractivity contribution in [1.82, 2.24) is 15.3 Å². The van der Waals surface area contributed by atoms with Gasteiger partial charge in [0.2, 0.25) is 5.28 Å². The Kier molecular flexibility index (Phi) is 4.52. The molecule has 2 heterocycles. The molecule has 0 aromatic carbocycles. The van der Waals surface area contributed by atoms with Gasteiger partial charge >= 0.3 is 0 Å². The summed E-state index contributed by atoms with van der Waals surface area (Å²) in [7, 11) is 1.92. The van der Waals surface area contributed by atoms with E-state index in [9.17, 15) is 0 Å². The molecular weight excluding hydrogens is 273 g/mol. The summed E-state index contributed by atoms with van der Waals surface area (Å²) in [5, 5.41) is 6.61. The summed E-state index contributed by atoms with van der Waals surface area (Å²) in [6.45, 7) is 1.62. The Bertz CT molecular complexity index is 478. The highest BCUT2D eigenvalue weighted by Crippen LogP contribution is 2.15. The van der Waals surface area contributed by atoms with Gasteiger partial charge in [0.25, 0.3) is 0 Å². The Morgan fingerprint density at radius 1 is 1.33 bits per heavy atom. The first kappa shape index (κ1) is 13.3. The van der Waals surface area contributed by atoms with Crippen molar-refractivity contribution in [2.24, 2.45) is 4.99 Å². The van der Waals surface area contributed by atoms with Gasteiger partial charge in [-0.05, 0) is 31.1 Å². The fraction of sp³-hybridized carbons (Fsp3) is 0.364. The van der Waals surface area contributed by atoms with Crippen LogP contribution in [-0.2, 0) is 0 Å². The van der Waals surface area contributed by atoms with Crippen molar-refractivity contribution >= 4 is 34.9 Å². The van der Waals surface area contributed by atoms with Gasteiger partial charge in [-0.15, -0.1) is 0 Å². The van der Waals surface area contributed by atoms with Gasteiger partial charge in [-0.25, -0.2) is 9.97 Å². The molecule has 0 unspecified atom stereocenters. The summed E-state index contributed by atoms with van der Waals surface area (Å²) in [5.74, 6) is 1.30. The highest BCUT2D eigenvalue weighted by atomic mass is 35.5. The minimum absolute atomic E-state index is 0.112. The monoisotopic (exact) mass is 285 g/mol. The Morgan fingerprint density at radius 3 is 2.89 bits per heavy atom. The van der Waals surface area contributed by atoms with Crippen molar-refractivity contribution in [1.29, 1.82) is 0 Å². The molecule has 5 nitrogen and oxygen atoms in total. The highest BCUT2D eigenvalue weighted by Gasteiger charge is 2.08. The van der Waals surface area contributed by atoms with Gasteiger partial charge in [-0.2, -0.15) is 0 Å². The number of anilines is 1. The number of amidine groups is 1. The van der Waals surface area contributed by atoms with Crippen LogP contribution in [0.2, 0.25) is 10.4 Å². The van der Waals surface area contributed by atoms with Crippen LogP contribution in [0.25, 0.3) is 0 Å². The first-order chi connectivity index (χ1) is 8.67. The predicted octanol–water partition coefficient (Wildman–Crippen LogP) is 2.14. The molecule has 1 aromatic rings. The molecule has 2 N–H and O–H groups in total. The van der Waals surface area contributed by atoms with E-state index < -0.39 is 0 Å². The normalized spacial score (nSPS) is 15.1. The fourth-order valence-electron chi connectivity index (χ4n) is 1.66. The summed E-state index contributed by atoms with van der Waals surface area (Å²) in [4.78, 5) is 12.2. The van der Waals surface area contributed by atoms with Crippen LogP contribution in [0.1, 0.15) is 6.42 Å². The number of halogens is 2. The zero-order valence-corrected chi connectivity index (χ0v) is 11.4. The summed E-state index contributed by atoms with van der Waals surface area (Å²) < 4.78 is 0. The first-order valence-corrected chi connectivity index (χ1v) is 6.28. The largest absolute Gasteiger partial charge is 0.325 e. The summed E-state index contributed by atoms with van der Waals surface area (Å²) >= 11 is 11.5. The lowest BCUT2D eigenvalue weighted by Gasteiger charge is -2.14. The first-order valence-electron chi connectivity index (χ1n) is 5.53. The third kappa shape index (κ3) is 3.66. The average Bonchev–Trinajstić information content (AvgIpc) is 2.28. The lowest BCUT2D eigenvalue weighted by Crippen LogP contribution is -2.20. The van der Waals surface area contributed by atoms with Gasteiger partial charge in [0.05, 0.1) is 0 Å². The molecule has 1 aliphatic rings. The number of aliphatic imine (C=N–C) groups is 1. The second-order valence-electron chi connectivity index (χ2n) is 3.82. The number of aromatic nitrogens is 2. The number of nitrogens with one attached hydrogen (secondary N) is 2. The zero-order valence-electron chi connectivity index (χ0n) is 9.87. The molecule has 7 heteroatoms. The molecule has 0 saturated carbocycles. The predicted molar refractivity (Wildman–Crippen MR) is 74.6 cm³/mol. The molecule has 0 fully saturated rings. The number of rotatable bonds is 3. The van der Waals surface area contributed by atoms with Gasteiger partial charge < -0.3 is 10.6 Å².